The van der Waals surface area contributed by atoms with Crippen molar-refractivity contribution in [1.82, 2.24) is 9.80 Å². The molecule has 1 unspecified atom stereocenters. The number of hydrogen-bond acceptors (Lipinski definition) is 5. The molecule has 0 aromatic heterocycles. The minimum atomic E-state index is -0.241. The topological polar surface area (TPSA) is 48.7 Å². The van der Waals surface area contributed by atoms with Gasteiger partial charge in [0, 0.05) is 26.2 Å². The summed E-state index contributed by atoms with van der Waals surface area (Å²) in [5, 5.41) is 9.72. The second-order valence-electron chi connectivity index (χ2n) is 6.49. The first-order chi connectivity index (χ1) is 11.6. The maximum Gasteiger partial charge on any atom is 0.161 e. The zero-order chi connectivity index (χ0) is 17.5. The normalized spacial score (nSPS) is 17.5. The molecule has 5 nitrogen and oxygen atoms in total. The highest BCUT2D eigenvalue weighted by atomic mass is 16.5. The lowest BCUT2D eigenvalue weighted by Gasteiger charge is -2.37. The molecule has 0 amide bonds. The second kappa shape index (κ2) is 8.91. The Morgan fingerprint density at radius 1 is 1.17 bits per heavy atom. The molecule has 1 aromatic carbocycles. The molecule has 1 heterocycles. The van der Waals surface area contributed by atoms with Crippen LogP contribution in [-0.4, -0.2) is 55.7 Å². The van der Waals surface area contributed by atoms with Gasteiger partial charge in [0.05, 0.1) is 19.3 Å². The van der Waals surface area contributed by atoms with Gasteiger partial charge in [0.2, 0.25) is 0 Å². The predicted molar refractivity (Wildman–Crippen MR) is 95.4 cm³/mol. The molecule has 1 fully saturated rings. The predicted octanol–water partition coefficient (Wildman–Crippen LogP) is 3.07. The van der Waals surface area contributed by atoms with Crippen molar-refractivity contribution in [3.8, 4) is 17.6 Å². The van der Waals surface area contributed by atoms with E-state index in [2.05, 4.69) is 22.8 Å². The molecule has 1 aliphatic rings. The first-order valence-electron chi connectivity index (χ1n) is 8.79. The van der Waals surface area contributed by atoms with Gasteiger partial charge in [-0.1, -0.05) is 13.0 Å². The standard InChI is InChI=1S/C19H29N3O2/c1-5-8-21-9-11-22(12-10-21)17(14-20)16-6-7-18(23-4)19(13-16)24-15(2)3/h6-7,13,15,17H,5,8-12H2,1-4H3. The first-order valence-corrected chi connectivity index (χ1v) is 8.79. The van der Waals surface area contributed by atoms with E-state index in [1.54, 1.807) is 7.11 Å². The summed E-state index contributed by atoms with van der Waals surface area (Å²) in [7, 11) is 1.64. The summed E-state index contributed by atoms with van der Waals surface area (Å²) in [5.74, 6) is 1.41. The number of rotatable bonds is 7. The van der Waals surface area contributed by atoms with Gasteiger partial charge in [0.1, 0.15) is 6.04 Å². The smallest absolute Gasteiger partial charge is 0.161 e. The van der Waals surface area contributed by atoms with Gasteiger partial charge in [-0.15, -0.1) is 0 Å². The summed E-state index contributed by atoms with van der Waals surface area (Å²) in [6, 6.07) is 8.04. The summed E-state index contributed by atoms with van der Waals surface area (Å²) >= 11 is 0. The molecule has 0 spiro atoms. The van der Waals surface area contributed by atoms with Crippen LogP contribution in [0.5, 0.6) is 11.5 Å². The maximum absolute atomic E-state index is 9.72. The Labute approximate surface area is 145 Å². The third-order valence-corrected chi connectivity index (χ3v) is 4.30. The molecule has 1 atom stereocenters. The maximum atomic E-state index is 9.72. The van der Waals surface area contributed by atoms with Crippen molar-refractivity contribution in [3.05, 3.63) is 23.8 Å². The summed E-state index contributed by atoms with van der Waals surface area (Å²) in [5.41, 5.74) is 0.970. The minimum absolute atomic E-state index is 0.0623. The molecule has 0 aliphatic carbocycles. The zero-order valence-electron chi connectivity index (χ0n) is 15.3. The molecule has 1 saturated heterocycles. The Hall–Kier alpha value is -1.77. The lowest BCUT2D eigenvalue weighted by atomic mass is 10.0. The molecule has 0 saturated carbocycles. The van der Waals surface area contributed by atoms with Crippen LogP contribution in [0.1, 0.15) is 38.8 Å². The zero-order valence-corrected chi connectivity index (χ0v) is 15.3. The third-order valence-electron chi connectivity index (χ3n) is 4.30. The van der Waals surface area contributed by atoms with Gasteiger partial charge in [0.25, 0.3) is 0 Å². The monoisotopic (exact) mass is 331 g/mol. The van der Waals surface area contributed by atoms with E-state index in [9.17, 15) is 5.26 Å². The second-order valence-corrected chi connectivity index (χ2v) is 6.49. The van der Waals surface area contributed by atoms with E-state index in [1.807, 2.05) is 32.0 Å². The summed E-state index contributed by atoms with van der Waals surface area (Å²) in [4.78, 5) is 4.72. The van der Waals surface area contributed by atoms with Crippen molar-refractivity contribution < 1.29 is 9.47 Å². The van der Waals surface area contributed by atoms with E-state index in [-0.39, 0.29) is 12.1 Å². The van der Waals surface area contributed by atoms with Crippen molar-refractivity contribution in [2.45, 2.75) is 39.3 Å². The number of hydrogen-bond donors (Lipinski definition) is 0. The number of benzene rings is 1. The van der Waals surface area contributed by atoms with Gasteiger partial charge >= 0.3 is 0 Å². The highest BCUT2D eigenvalue weighted by Gasteiger charge is 2.25. The van der Waals surface area contributed by atoms with Crippen LogP contribution in [0.25, 0.3) is 0 Å². The van der Waals surface area contributed by atoms with Crippen LogP contribution in [0, 0.1) is 11.3 Å². The van der Waals surface area contributed by atoms with Crippen molar-refractivity contribution in [3.63, 3.8) is 0 Å². The van der Waals surface area contributed by atoms with E-state index < -0.39 is 0 Å². The Kier molecular flexibility index (Phi) is 6.89. The fourth-order valence-corrected chi connectivity index (χ4v) is 3.14. The summed E-state index contributed by atoms with van der Waals surface area (Å²) < 4.78 is 11.2. The molecule has 5 heteroatoms. The van der Waals surface area contributed by atoms with E-state index in [0.29, 0.717) is 11.5 Å². The number of nitriles is 1. The van der Waals surface area contributed by atoms with Gasteiger partial charge in [-0.3, -0.25) is 4.90 Å². The van der Waals surface area contributed by atoms with Crippen LogP contribution in [0.15, 0.2) is 18.2 Å². The van der Waals surface area contributed by atoms with Crippen molar-refractivity contribution in [2.75, 3.05) is 39.8 Å². The molecule has 1 aromatic rings. The first kappa shape index (κ1) is 18.6. The van der Waals surface area contributed by atoms with Crippen LogP contribution < -0.4 is 9.47 Å². The fraction of sp³-hybridized carbons (Fsp3) is 0.632. The van der Waals surface area contributed by atoms with Crippen LogP contribution in [0.2, 0.25) is 0 Å². The Bertz CT molecular complexity index is 560. The van der Waals surface area contributed by atoms with Gasteiger partial charge in [-0.2, -0.15) is 5.26 Å². The van der Waals surface area contributed by atoms with Crippen LogP contribution >= 0.6 is 0 Å². The van der Waals surface area contributed by atoms with E-state index in [4.69, 9.17) is 9.47 Å². The molecule has 24 heavy (non-hydrogen) atoms. The van der Waals surface area contributed by atoms with Gasteiger partial charge < -0.3 is 14.4 Å². The van der Waals surface area contributed by atoms with Crippen LogP contribution in [0.3, 0.4) is 0 Å². The van der Waals surface area contributed by atoms with Gasteiger partial charge in [-0.25, -0.2) is 0 Å². The van der Waals surface area contributed by atoms with E-state index in [1.165, 1.54) is 6.42 Å². The summed E-state index contributed by atoms with van der Waals surface area (Å²) in [6.07, 6.45) is 1.24. The Morgan fingerprint density at radius 3 is 2.42 bits per heavy atom. The molecule has 0 bridgehead atoms. The number of piperazine rings is 1. The quantitative estimate of drug-likeness (QED) is 0.768. The number of ether oxygens (including phenoxy) is 2. The number of nitrogens with zero attached hydrogens (tertiary/aromatic N) is 3. The van der Waals surface area contributed by atoms with Crippen molar-refractivity contribution in [1.29, 1.82) is 5.26 Å². The fourth-order valence-electron chi connectivity index (χ4n) is 3.14. The van der Waals surface area contributed by atoms with Gasteiger partial charge in [-0.05, 0) is 44.5 Å². The average molecular weight is 331 g/mol. The molecular formula is C19H29N3O2. The molecule has 2 rings (SSSR count). The molecule has 0 radical (unpaired) electrons. The lowest BCUT2D eigenvalue weighted by Crippen LogP contribution is -2.47. The van der Waals surface area contributed by atoms with Crippen molar-refractivity contribution >= 4 is 0 Å². The Balaban J connectivity index is 2.14. The third kappa shape index (κ3) is 4.62. The average Bonchev–Trinajstić information content (AvgIpc) is 2.57. The number of methoxy groups -OCH3 is 1. The van der Waals surface area contributed by atoms with Crippen molar-refractivity contribution in [2.24, 2.45) is 0 Å². The molecular weight excluding hydrogens is 302 g/mol. The minimum Gasteiger partial charge on any atom is -0.493 e. The SMILES string of the molecule is CCCN1CCN(C(C#N)c2ccc(OC)c(OC(C)C)c2)CC1. The van der Waals surface area contributed by atoms with E-state index >= 15 is 0 Å². The molecule has 1 aliphatic heterocycles. The highest BCUT2D eigenvalue weighted by molar-refractivity contribution is 5.45. The highest BCUT2D eigenvalue weighted by Crippen LogP contribution is 2.33. The molecule has 132 valence electrons. The van der Waals surface area contributed by atoms with Gasteiger partial charge in [0.15, 0.2) is 11.5 Å². The summed E-state index contributed by atoms with van der Waals surface area (Å²) in [6.45, 7) is 11.2. The van der Waals surface area contributed by atoms with Crippen LogP contribution in [0.4, 0.5) is 0 Å². The van der Waals surface area contributed by atoms with Crippen LogP contribution in [-0.2, 0) is 0 Å². The van der Waals surface area contributed by atoms with E-state index in [0.717, 1.165) is 38.3 Å². The largest absolute Gasteiger partial charge is 0.493 e. The lowest BCUT2D eigenvalue weighted by molar-refractivity contribution is 0.114. The Morgan fingerprint density at radius 2 is 1.88 bits per heavy atom. The molecule has 0 N–H and O–H groups in total.